The lowest BCUT2D eigenvalue weighted by atomic mass is 9.82. The number of hydrogen-bond acceptors (Lipinski definition) is 5. The van der Waals surface area contributed by atoms with Gasteiger partial charge in [-0.25, -0.2) is 0 Å². The van der Waals surface area contributed by atoms with Gasteiger partial charge in [0.1, 0.15) is 18.5 Å². The van der Waals surface area contributed by atoms with E-state index in [1.165, 1.54) is 5.56 Å². The Morgan fingerprint density at radius 3 is 2.67 bits per heavy atom. The molecule has 6 rings (SSSR count). The Labute approximate surface area is 197 Å². The number of fused-ring (bicyclic) bond motifs is 5. The van der Waals surface area contributed by atoms with Gasteiger partial charge in [0.05, 0.1) is 24.8 Å². The second-order valence-electron chi connectivity index (χ2n) is 10.1. The van der Waals surface area contributed by atoms with Crippen LogP contribution in [0.15, 0.2) is 36.5 Å². The van der Waals surface area contributed by atoms with Crippen molar-refractivity contribution in [1.29, 1.82) is 0 Å². The molecule has 6 nitrogen and oxygen atoms in total. The van der Waals surface area contributed by atoms with E-state index in [0.717, 1.165) is 75.8 Å². The minimum atomic E-state index is -0.317. The van der Waals surface area contributed by atoms with E-state index in [9.17, 15) is 4.79 Å². The number of carbonyl (C=O) groups is 1. The molecule has 2 saturated heterocycles. The number of piperidine rings is 1. The Hall–Kier alpha value is -2.05. The molecule has 2 bridgehead atoms. The maximum Gasteiger partial charge on any atom is 0.249 e. The first kappa shape index (κ1) is 22.7. The van der Waals surface area contributed by atoms with Crippen LogP contribution in [0.4, 0.5) is 0 Å². The molecule has 4 heterocycles. The van der Waals surface area contributed by atoms with E-state index in [4.69, 9.17) is 14.2 Å². The predicted octanol–water partition coefficient (Wildman–Crippen LogP) is 4.15. The molecule has 1 aliphatic carbocycles. The van der Waals surface area contributed by atoms with Crippen molar-refractivity contribution < 1.29 is 19.0 Å². The van der Waals surface area contributed by atoms with Crippen LogP contribution in [0.3, 0.4) is 0 Å². The van der Waals surface area contributed by atoms with Crippen molar-refractivity contribution in [2.24, 2.45) is 0 Å². The summed E-state index contributed by atoms with van der Waals surface area (Å²) in [6, 6.07) is 8.56. The molecule has 6 heteroatoms. The quantitative estimate of drug-likeness (QED) is 0.727. The van der Waals surface area contributed by atoms with Crippen molar-refractivity contribution in [3.8, 4) is 5.75 Å². The van der Waals surface area contributed by atoms with Crippen molar-refractivity contribution in [3.05, 3.63) is 42.1 Å². The molecule has 1 saturated carbocycles. The highest BCUT2D eigenvalue weighted by atomic mass is 16.5. The van der Waals surface area contributed by atoms with Crippen LogP contribution in [-0.2, 0) is 14.3 Å². The zero-order valence-electron chi connectivity index (χ0n) is 19.7. The molecule has 1 amide bonds. The summed E-state index contributed by atoms with van der Waals surface area (Å²) in [4.78, 5) is 15.3. The van der Waals surface area contributed by atoms with Gasteiger partial charge >= 0.3 is 0 Å². The van der Waals surface area contributed by atoms with Gasteiger partial charge in [0.2, 0.25) is 5.91 Å². The Morgan fingerprint density at radius 1 is 1.00 bits per heavy atom. The molecule has 0 aromatic heterocycles. The number of benzene rings is 1. The van der Waals surface area contributed by atoms with Crippen LogP contribution in [0, 0.1) is 0 Å². The van der Waals surface area contributed by atoms with E-state index in [0.29, 0.717) is 25.7 Å². The van der Waals surface area contributed by atoms with Gasteiger partial charge in [-0.15, -0.1) is 0 Å². The van der Waals surface area contributed by atoms with E-state index < -0.39 is 0 Å². The summed E-state index contributed by atoms with van der Waals surface area (Å²) in [5, 5.41) is 3.32. The van der Waals surface area contributed by atoms with E-state index in [2.05, 4.69) is 41.1 Å². The first-order chi connectivity index (χ1) is 16.2. The molecule has 5 aliphatic rings. The van der Waals surface area contributed by atoms with Crippen LogP contribution in [0.25, 0.3) is 0 Å². The average molecular weight is 455 g/mol. The fourth-order valence-corrected chi connectivity index (χ4v) is 6.02. The molecule has 1 aromatic rings. The Kier molecular flexibility index (Phi) is 7.21. The normalized spacial score (nSPS) is 32.9. The molecule has 4 aliphatic heterocycles. The number of carbonyl (C=O) groups excluding carboxylic acids is 1. The third kappa shape index (κ3) is 5.22. The van der Waals surface area contributed by atoms with Gasteiger partial charge in [-0.1, -0.05) is 24.8 Å². The first-order valence-electron chi connectivity index (χ1n) is 12.9. The van der Waals surface area contributed by atoms with Gasteiger partial charge < -0.3 is 24.4 Å². The highest BCUT2D eigenvalue weighted by Crippen LogP contribution is 2.39. The monoisotopic (exact) mass is 454 g/mol. The van der Waals surface area contributed by atoms with Crippen molar-refractivity contribution in [2.45, 2.75) is 88.0 Å². The summed E-state index contributed by atoms with van der Waals surface area (Å²) < 4.78 is 18.6. The molecule has 0 radical (unpaired) electrons. The standard InChI is InChI=1S/C27H38N2O4/c1-19-17-33-25-9-3-2-7-22(25)20-11-13-21(14-12-20)32-18-24-23(8-6-15-29(19)24)28-27(30)26-10-4-5-16-31-26/h2-3,7,9,20-21,23-24,26H,1,4-6,8,10-18H2,(H,28,30)/t20?,21?,23-,24-,26-/m0/s1. The summed E-state index contributed by atoms with van der Waals surface area (Å²) in [5.41, 5.74) is 2.27. The van der Waals surface area contributed by atoms with Crippen molar-refractivity contribution in [1.82, 2.24) is 10.2 Å². The zero-order valence-corrected chi connectivity index (χ0v) is 19.7. The topological polar surface area (TPSA) is 60.0 Å². The van der Waals surface area contributed by atoms with Crippen molar-refractivity contribution >= 4 is 5.91 Å². The summed E-state index contributed by atoms with van der Waals surface area (Å²) in [6.07, 6.45) is 9.22. The van der Waals surface area contributed by atoms with Gasteiger partial charge in [-0.05, 0) is 75.3 Å². The molecular formula is C27H38N2O4. The molecular weight excluding hydrogens is 416 g/mol. The number of amides is 1. The molecule has 3 atom stereocenters. The van der Waals surface area contributed by atoms with Gasteiger partial charge in [0, 0.05) is 18.8 Å². The van der Waals surface area contributed by atoms with Crippen molar-refractivity contribution in [2.75, 3.05) is 26.4 Å². The predicted molar refractivity (Wildman–Crippen MR) is 127 cm³/mol. The van der Waals surface area contributed by atoms with E-state index >= 15 is 0 Å². The lowest BCUT2D eigenvalue weighted by molar-refractivity contribution is -0.137. The maximum atomic E-state index is 13.0. The zero-order chi connectivity index (χ0) is 22.6. The number of ether oxygens (including phenoxy) is 3. The third-order valence-electron chi connectivity index (χ3n) is 7.91. The highest BCUT2D eigenvalue weighted by Gasteiger charge is 2.36. The van der Waals surface area contributed by atoms with Crippen LogP contribution < -0.4 is 10.1 Å². The third-order valence-corrected chi connectivity index (χ3v) is 7.91. The number of para-hydroxylation sites is 1. The van der Waals surface area contributed by atoms with E-state index in [1.807, 2.05) is 0 Å². The van der Waals surface area contributed by atoms with Gasteiger partial charge in [-0.2, -0.15) is 0 Å². The maximum absolute atomic E-state index is 13.0. The molecule has 180 valence electrons. The fraction of sp³-hybridized carbons (Fsp3) is 0.667. The number of nitrogens with zero attached hydrogens (tertiary/aromatic N) is 1. The smallest absolute Gasteiger partial charge is 0.249 e. The minimum Gasteiger partial charge on any atom is -0.487 e. The fourth-order valence-electron chi connectivity index (χ4n) is 6.02. The Balaban J connectivity index is 1.34. The SMILES string of the molecule is C=C1COc2ccccc2C2CCC(CC2)OC[C@H]2[C@@H](NC(=O)[C@@H]3CCCCO3)CCCN12. The number of rotatable bonds is 2. The molecule has 0 spiro atoms. The van der Waals surface area contributed by atoms with Crippen LogP contribution in [0.5, 0.6) is 5.75 Å². The van der Waals surface area contributed by atoms with Crippen LogP contribution >= 0.6 is 0 Å². The summed E-state index contributed by atoms with van der Waals surface area (Å²) in [5.74, 6) is 1.54. The lowest BCUT2D eigenvalue weighted by Crippen LogP contribution is -2.59. The van der Waals surface area contributed by atoms with Crippen LogP contribution in [0.2, 0.25) is 0 Å². The van der Waals surface area contributed by atoms with Crippen LogP contribution in [0.1, 0.15) is 69.3 Å². The van der Waals surface area contributed by atoms with Gasteiger partial charge in [0.25, 0.3) is 0 Å². The van der Waals surface area contributed by atoms with E-state index in [-0.39, 0.29) is 30.2 Å². The lowest BCUT2D eigenvalue weighted by Gasteiger charge is -2.44. The second kappa shape index (κ2) is 10.5. The highest BCUT2D eigenvalue weighted by molar-refractivity contribution is 5.81. The molecule has 33 heavy (non-hydrogen) atoms. The Morgan fingerprint density at radius 2 is 1.85 bits per heavy atom. The van der Waals surface area contributed by atoms with Gasteiger partial charge in [-0.3, -0.25) is 4.79 Å². The van der Waals surface area contributed by atoms with Crippen LogP contribution in [-0.4, -0.2) is 61.5 Å². The summed E-state index contributed by atoms with van der Waals surface area (Å²) in [6.45, 7) is 7.05. The van der Waals surface area contributed by atoms with Gasteiger partial charge in [0.15, 0.2) is 0 Å². The van der Waals surface area contributed by atoms with Crippen molar-refractivity contribution in [3.63, 3.8) is 0 Å². The molecule has 3 fully saturated rings. The number of nitrogens with one attached hydrogen (secondary N) is 1. The second-order valence-corrected chi connectivity index (χ2v) is 10.1. The Bertz CT molecular complexity index is 829. The molecule has 1 N–H and O–H groups in total. The summed E-state index contributed by atoms with van der Waals surface area (Å²) in [7, 11) is 0. The first-order valence-corrected chi connectivity index (χ1v) is 12.9. The van der Waals surface area contributed by atoms with E-state index in [1.54, 1.807) is 0 Å². The number of hydrogen-bond donors (Lipinski definition) is 1. The summed E-state index contributed by atoms with van der Waals surface area (Å²) >= 11 is 0. The average Bonchev–Trinajstić information content (AvgIpc) is 2.88. The molecule has 1 aromatic carbocycles. The minimum absolute atomic E-state index is 0.0285. The molecule has 0 unspecified atom stereocenters. The largest absolute Gasteiger partial charge is 0.487 e.